The van der Waals surface area contributed by atoms with Gasteiger partial charge in [0.2, 0.25) is 0 Å². The summed E-state index contributed by atoms with van der Waals surface area (Å²) in [5, 5.41) is 0. The topological polar surface area (TPSA) is 195 Å². The van der Waals surface area contributed by atoms with E-state index in [0.717, 1.165) is 19.8 Å². The summed E-state index contributed by atoms with van der Waals surface area (Å²) in [4.78, 5) is -0.310. The van der Waals surface area contributed by atoms with Crippen molar-refractivity contribution in [2.45, 2.75) is 34.1 Å². The highest BCUT2D eigenvalue weighted by Crippen LogP contribution is 2.57. The quantitative estimate of drug-likeness (QED) is 0.118. The number of allylic oxidation sites excluding steroid dienone is 1. The molecule has 2 aliphatic rings. The van der Waals surface area contributed by atoms with Crippen LogP contribution < -0.4 is 0 Å². The Labute approximate surface area is 313 Å². The Hall–Kier alpha value is -4.52. The van der Waals surface area contributed by atoms with Crippen LogP contribution in [0.2, 0.25) is 0 Å². The summed E-state index contributed by atoms with van der Waals surface area (Å²) in [6.45, 7) is 1.89. The number of fused-ring (bicyclic) bond motifs is 6. The number of hydrogen-bond acceptors (Lipinski definition) is 10. The molecule has 0 heterocycles. The second-order valence-corrected chi connectivity index (χ2v) is 19.4. The van der Waals surface area contributed by atoms with Crippen molar-refractivity contribution in [2.75, 3.05) is 14.2 Å². The van der Waals surface area contributed by atoms with Crippen molar-refractivity contribution in [3.8, 4) is 22.3 Å². The molecule has 2 N–H and O–H groups in total. The molecule has 2 aliphatic carbocycles. The normalized spacial score (nSPS) is 16.1. The van der Waals surface area contributed by atoms with Gasteiger partial charge in [-0.1, -0.05) is 72.3 Å². The first-order valence-electron chi connectivity index (χ1n) is 16.2. The molecule has 0 saturated heterocycles. The molecule has 1 unspecified atom stereocenters. The second kappa shape index (κ2) is 13.3. The van der Waals surface area contributed by atoms with Gasteiger partial charge in [0.15, 0.2) is 0 Å². The number of aryl methyl sites for hydroxylation is 1. The number of benzene rings is 5. The summed E-state index contributed by atoms with van der Waals surface area (Å²) in [7, 11) is -15.3. The average molecular weight is 809 g/mol. The Balaban J connectivity index is 1.67. The van der Waals surface area contributed by atoms with Crippen molar-refractivity contribution < 1.29 is 51.1 Å². The van der Waals surface area contributed by atoms with Gasteiger partial charge in [-0.2, -0.15) is 33.7 Å². The van der Waals surface area contributed by atoms with Gasteiger partial charge in [0.25, 0.3) is 40.5 Å². The molecule has 0 fully saturated rings. The third-order valence-corrected chi connectivity index (χ3v) is 13.5. The monoisotopic (exact) mass is 808 g/mol. The molecule has 5 aromatic rings. The van der Waals surface area contributed by atoms with E-state index in [1.807, 2.05) is 31.2 Å². The van der Waals surface area contributed by atoms with E-state index in [1.54, 1.807) is 48.5 Å². The zero-order valence-corrected chi connectivity index (χ0v) is 32.1. The summed E-state index contributed by atoms with van der Waals surface area (Å²) in [6.07, 6.45) is 0. The van der Waals surface area contributed by atoms with E-state index in [0.29, 0.717) is 61.2 Å². The lowest BCUT2D eigenvalue weighted by molar-refractivity contribution is 0.396. The van der Waals surface area contributed by atoms with Crippen molar-refractivity contribution in [1.29, 1.82) is 0 Å². The van der Waals surface area contributed by atoms with Crippen molar-refractivity contribution >= 4 is 51.6 Å². The Morgan fingerprint density at radius 3 is 1.52 bits per heavy atom. The predicted octanol–water partition coefficient (Wildman–Crippen LogP) is 6.19. The van der Waals surface area contributed by atoms with E-state index < -0.39 is 57.9 Å². The first kappa shape index (κ1) is 37.8. The van der Waals surface area contributed by atoms with Crippen molar-refractivity contribution in [3.63, 3.8) is 0 Å². The standard InChI is InChI=1S/C38H32O12S4/c1-22-4-8-25(9-5-22)36(37-32-16-23(20-51(39,40)41)6-12-28(32)30-14-10-26(18-34(30)37)53(45,46)49-2)38-33-17-24(21-52(42,43)44)7-13-29(33)31-15-11-27(19-35(31)38)54(47,48)50-3/h4-19,37H,20-21H2,1-3H3,(H,39,40,41)(H,42,43,44)/b38-36+. The van der Waals surface area contributed by atoms with E-state index >= 15 is 0 Å². The van der Waals surface area contributed by atoms with Gasteiger partial charge in [0, 0.05) is 5.92 Å². The van der Waals surface area contributed by atoms with Crippen LogP contribution in [0.3, 0.4) is 0 Å². The third kappa shape index (κ3) is 6.95. The smallest absolute Gasteiger partial charge is 0.285 e. The van der Waals surface area contributed by atoms with Gasteiger partial charge in [0.05, 0.1) is 24.0 Å². The lowest BCUT2D eigenvalue weighted by Crippen LogP contribution is -2.08. The van der Waals surface area contributed by atoms with Crippen molar-refractivity contribution in [1.82, 2.24) is 0 Å². The molecule has 7 rings (SSSR count). The first-order chi connectivity index (χ1) is 25.3. The molecule has 0 saturated carbocycles. The van der Waals surface area contributed by atoms with Crippen molar-refractivity contribution in [2.24, 2.45) is 0 Å². The molecule has 0 aliphatic heterocycles. The molecule has 5 aromatic carbocycles. The van der Waals surface area contributed by atoms with Gasteiger partial charge in [-0.15, -0.1) is 0 Å². The molecular weight excluding hydrogens is 777 g/mol. The molecule has 0 spiro atoms. The molecule has 12 nitrogen and oxygen atoms in total. The highest BCUT2D eigenvalue weighted by atomic mass is 32.2. The predicted molar refractivity (Wildman–Crippen MR) is 202 cm³/mol. The first-order valence-corrected chi connectivity index (χ1v) is 22.2. The summed E-state index contributed by atoms with van der Waals surface area (Å²) >= 11 is 0. The van der Waals surface area contributed by atoms with Crippen LogP contribution in [0.25, 0.3) is 33.4 Å². The molecular formula is C38H32O12S4. The fourth-order valence-corrected chi connectivity index (χ4v) is 9.92. The highest BCUT2D eigenvalue weighted by molar-refractivity contribution is 7.87. The maximum Gasteiger partial charge on any atom is 0.296 e. The minimum Gasteiger partial charge on any atom is -0.285 e. The molecule has 1 atom stereocenters. The zero-order chi connectivity index (χ0) is 39.0. The lowest BCUT2D eigenvalue weighted by Gasteiger charge is -2.24. The summed E-state index contributed by atoms with van der Waals surface area (Å²) in [6, 6.07) is 26.1. The Kier molecular flexibility index (Phi) is 9.34. The minimum atomic E-state index is -4.47. The third-order valence-electron chi connectivity index (χ3n) is 9.59. The fraction of sp³-hybridized carbons (Fsp3) is 0.158. The molecule has 0 radical (unpaired) electrons. The Morgan fingerprint density at radius 2 is 0.981 bits per heavy atom. The van der Waals surface area contributed by atoms with Crippen LogP contribution in [0.1, 0.15) is 50.4 Å². The highest BCUT2D eigenvalue weighted by Gasteiger charge is 2.38. The van der Waals surface area contributed by atoms with E-state index in [9.17, 15) is 42.8 Å². The largest absolute Gasteiger partial charge is 0.296 e. The molecule has 280 valence electrons. The summed E-state index contributed by atoms with van der Waals surface area (Å²) < 4.78 is 130. The van der Waals surface area contributed by atoms with Crippen LogP contribution in [-0.2, 0) is 60.3 Å². The Bertz CT molecular complexity index is 2880. The summed E-state index contributed by atoms with van der Waals surface area (Å²) in [5.74, 6) is -2.27. The SMILES string of the molecule is COS(=O)(=O)c1ccc2c(c1)/C(=C(\c1ccc(C)cc1)C1c3cc(CS(=O)(=O)O)ccc3-c3ccc(S(=O)(=O)OC)cc31)c1cc(CS(=O)(=O)O)ccc1-2. The number of hydrogen-bond donors (Lipinski definition) is 2. The van der Waals surface area contributed by atoms with E-state index in [1.165, 1.54) is 24.3 Å². The van der Waals surface area contributed by atoms with Crippen LogP contribution in [0.15, 0.2) is 107 Å². The second-order valence-electron chi connectivity index (χ2n) is 13.0. The molecule has 16 heteroatoms. The van der Waals surface area contributed by atoms with E-state index in [4.69, 9.17) is 8.37 Å². The fourth-order valence-electron chi connectivity index (χ4n) is 7.33. The van der Waals surface area contributed by atoms with Crippen LogP contribution >= 0.6 is 0 Å². The molecule has 0 bridgehead atoms. The maximum atomic E-state index is 13.1. The van der Waals surface area contributed by atoms with Gasteiger partial charge >= 0.3 is 0 Å². The van der Waals surface area contributed by atoms with Gasteiger partial charge in [-0.25, -0.2) is 0 Å². The van der Waals surface area contributed by atoms with Crippen LogP contribution in [0, 0.1) is 6.92 Å². The van der Waals surface area contributed by atoms with Gasteiger partial charge in [-0.05, 0) is 110 Å². The molecule has 54 heavy (non-hydrogen) atoms. The molecule has 0 aromatic heterocycles. The van der Waals surface area contributed by atoms with Crippen LogP contribution in [0.4, 0.5) is 0 Å². The van der Waals surface area contributed by atoms with Gasteiger partial charge < -0.3 is 0 Å². The molecule has 0 amide bonds. The van der Waals surface area contributed by atoms with Crippen molar-refractivity contribution in [3.05, 3.63) is 142 Å². The summed E-state index contributed by atoms with van der Waals surface area (Å²) in [5.41, 5.74) is 7.55. The van der Waals surface area contributed by atoms with Crippen LogP contribution in [0.5, 0.6) is 0 Å². The number of rotatable bonds is 10. The van der Waals surface area contributed by atoms with Crippen LogP contribution in [-0.4, -0.2) is 57.0 Å². The van der Waals surface area contributed by atoms with Gasteiger partial charge in [0.1, 0.15) is 11.5 Å². The van der Waals surface area contributed by atoms with E-state index in [-0.39, 0.29) is 20.9 Å². The zero-order valence-electron chi connectivity index (χ0n) is 28.8. The Morgan fingerprint density at radius 1 is 0.537 bits per heavy atom. The average Bonchev–Trinajstić information content (AvgIpc) is 3.59. The minimum absolute atomic E-state index is 0.149. The maximum absolute atomic E-state index is 13.1. The van der Waals surface area contributed by atoms with E-state index in [2.05, 4.69) is 0 Å². The lowest BCUT2D eigenvalue weighted by atomic mass is 9.79. The van der Waals surface area contributed by atoms with Gasteiger partial charge in [-0.3, -0.25) is 17.5 Å².